The minimum Gasteiger partial charge on any atom is -0.369 e. The predicted molar refractivity (Wildman–Crippen MR) is 73.7 cm³/mol. The predicted octanol–water partition coefficient (Wildman–Crippen LogP) is 3.09. The topological polar surface area (TPSA) is 21.3 Å². The number of nitrogens with one attached hydrogen (secondary N) is 1. The molecular formula is C16H20FNO. The summed E-state index contributed by atoms with van der Waals surface area (Å²) in [4.78, 5) is 0. The summed E-state index contributed by atoms with van der Waals surface area (Å²) in [5.41, 5.74) is 2.45. The van der Waals surface area contributed by atoms with Gasteiger partial charge in [0.05, 0.1) is 12.7 Å². The fourth-order valence-electron chi connectivity index (χ4n) is 3.56. The largest absolute Gasteiger partial charge is 0.369 e. The molecule has 0 radical (unpaired) electrons. The van der Waals surface area contributed by atoms with Crippen molar-refractivity contribution in [3.05, 3.63) is 47.8 Å². The highest BCUT2D eigenvalue weighted by Gasteiger charge is 2.44. The van der Waals surface area contributed by atoms with Gasteiger partial charge in [0.2, 0.25) is 0 Å². The van der Waals surface area contributed by atoms with Crippen molar-refractivity contribution in [2.24, 2.45) is 0 Å². The molecule has 1 spiro atoms. The second-order valence-corrected chi connectivity index (χ2v) is 5.58. The van der Waals surface area contributed by atoms with Crippen LogP contribution in [0.15, 0.2) is 30.9 Å². The number of benzene rings is 1. The molecule has 1 heterocycles. The van der Waals surface area contributed by atoms with E-state index in [0.717, 1.165) is 32.4 Å². The van der Waals surface area contributed by atoms with E-state index < -0.39 is 0 Å². The number of hydrogen-bond donors (Lipinski definition) is 1. The summed E-state index contributed by atoms with van der Waals surface area (Å²) >= 11 is 0. The van der Waals surface area contributed by atoms with E-state index in [1.54, 1.807) is 18.2 Å². The van der Waals surface area contributed by atoms with Crippen LogP contribution in [0.2, 0.25) is 0 Å². The van der Waals surface area contributed by atoms with Crippen LogP contribution in [0.5, 0.6) is 0 Å². The van der Waals surface area contributed by atoms with E-state index >= 15 is 0 Å². The first-order chi connectivity index (χ1) is 9.25. The van der Waals surface area contributed by atoms with Crippen LogP contribution < -0.4 is 5.32 Å². The van der Waals surface area contributed by atoms with Crippen molar-refractivity contribution in [1.29, 1.82) is 0 Å². The highest BCUT2D eigenvalue weighted by Crippen LogP contribution is 2.51. The van der Waals surface area contributed by atoms with Gasteiger partial charge in [-0.15, -0.1) is 6.58 Å². The molecule has 0 unspecified atom stereocenters. The fourth-order valence-corrected chi connectivity index (χ4v) is 3.56. The van der Waals surface area contributed by atoms with Gasteiger partial charge in [0.15, 0.2) is 0 Å². The van der Waals surface area contributed by atoms with Crippen LogP contribution in [0.3, 0.4) is 0 Å². The zero-order valence-corrected chi connectivity index (χ0v) is 11.1. The van der Waals surface area contributed by atoms with Crippen LogP contribution >= 0.6 is 0 Å². The zero-order chi connectivity index (χ0) is 13.3. The SMILES string of the molecule is C=CCO[C@H]1CC2(CCNCC2)c2cc(F)ccc21. The maximum absolute atomic E-state index is 13.6. The number of hydrogen-bond acceptors (Lipinski definition) is 2. The van der Waals surface area contributed by atoms with E-state index in [1.807, 2.05) is 6.07 Å². The standard InChI is InChI=1S/C16H20FNO/c1-2-9-19-15-11-16(5-7-18-8-6-16)14-10-12(17)3-4-13(14)15/h2-4,10,15,18H,1,5-9,11H2/t15-/m0/s1. The molecule has 0 saturated carbocycles. The monoisotopic (exact) mass is 261 g/mol. The van der Waals surface area contributed by atoms with Crippen molar-refractivity contribution in [2.45, 2.75) is 30.8 Å². The van der Waals surface area contributed by atoms with Crippen molar-refractivity contribution >= 4 is 0 Å². The van der Waals surface area contributed by atoms with E-state index in [1.165, 1.54) is 11.1 Å². The summed E-state index contributed by atoms with van der Waals surface area (Å²) in [5, 5.41) is 3.39. The highest BCUT2D eigenvalue weighted by atomic mass is 19.1. The molecule has 19 heavy (non-hydrogen) atoms. The van der Waals surface area contributed by atoms with E-state index in [4.69, 9.17) is 4.74 Å². The lowest BCUT2D eigenvalue weighted by atomic mass is 9.74. The van der Waals surface area contributed by atoms with Gasteiger partial charge in [0.25, 0.3) is 0 Å². The molecule has 102 valence electrons. The summed E-state index contributed by atoms with van der Waals surface area (Å²) in [6.07, 6.45) is 4.97. The van der Waals surface area contributed by atoms with Gasteiger partial charge in [-0.3, -0.25) is 0 Å². The number of halogens is 1. The minimum atomic E-state index is -0.138. The van der Waals surface area contributed by atoms with Gasteiger partial charge in [0, 0.05) is 5.41 Å². The van der Waals surface area contributed by atoms with Crippen LogP contribution in [0.4, 0.5) is 4.39 Å². The van der Waals surface area contributed by atoms with Crippen molar-refractivity contribution in [2.75, 3.05) is 19.7 Å². The number of piperidine rings is 1. The normalized spacial score (nSPS) is 24.4. The Kier molecular flexibility index (Phi) is 3.42. The molecule has 1 saturated heterocycles. The number of ether oxygens (including phenoxy) is 1. The molecule has 2 aliphatic rings. The minimum absolute atomic E-state index is 0.0895. The third-order valence-corrected chi connectivity index (χ3v) is 4.49. The van der Waals surface area contributed by atoms with Crippen LogP contribution in [0, 0.1) is 5.82 Å². The molecule has 3 heteroatoms. The molecule has 1 atom stereocenters. The first-order valence-corrected chi connectivity index (χ1v) is 6.98. The summed E-state index contributed by atoms with van der Waals surface area (Å²) < 4.78 is 19.5. The molecular weight excluding hydrogens is 241 g/mol. The maximum atomic E-state index is 13.6. The van der Waals surface area contributed by atoms with Crippen molar-refractivity contribution in [3.8, 4) is 0 Å². The molecule has 1 aromatic carbocycles. The molecule has 1 fully saturated rings. The summed E-state index contributed by atoms with van der Waals surface area (Å²) in [6.45, 7) is 6.26. The first kappa shape index (κ1) is 12.8. The van der Waals surface area contributed by atoms with Crippen molar-refractivity contribution in [1.82, 2.24) is 5.32 Å². The smallest absolute Gasteiger partial charge is 0.123 e. The lowest BCUT2D eigenvalue weighted by Crippen LogP contribution is -2.38. The molecule has 3 rings (SSSR count). The van der Waals surface area contributed by atoms with E-state index in [9.17, 15) is 4.39 Å². The first-order valence-electron chi connectivity index (χ1n) is 6.98. The molecule has 1 aliphatic heterocycles. The van der Waals surface area contributed by atoms with Crippen LogP contribution in [0.1, 0.15) is 36.5 Å². The van der Waals surface area contributed by atoms with E-state index in [-0.39, 0.29) is 17.3 Å². The lowest BCUT2D eigenvalue weighted by molar-refractivity contribution is 0.0577. The second-order valence-electron chi connectivity index (χ2n) is 5.58. The lowest BCUT2D eigenvalue weighted by Gasteiger charge is -2.35. The van der Waals surface area contributed by atoms with Gasteiger partial charge in [-0.05, 0) is 55.6 Å². The number of fused-ring (bicyclic) bond motifs is 2. The van der Waals surface area contributed by atoms with Gasteiger partial charge < -0.3 is 10.1 Å². The summed E-state index contributed by atoms with van der Waals surface area (Å²) in [6, 6.07) is 5.16. The summed E-state index contributed by atoms with van der Waals surface area (Å²) in [7, 11) is 0. The Morgan fingerprint density at radius 1 is 1.42 bits per heavy atom. The quantitative estimate of drug-likeness (QED) is 0.844. The van der Waals surface area contributed by atoms with Gasteiger partial charge in [0.1, 0.15) is 5.82 Å². The average Bonchev–Trinajstić information content (AvgIpc) is 2.71. The van der Waals surface area contributed by atoms with Gasteiger partial charge in [-0.1, -0.05) is 12.1 Å². The zero-order valence-electron chi connectivity index (χ0n) is 11.1. The molecule has 0 bridgehead atoms. The van der Waals surface area contributed by atoms with E-state index in [0.29, 0.717) is 6.61 Å². The Balaban J connectivity index is 1.97. The molecule has 2 nitrogen and oxygen atoms in total. The fraction of sp³-hybridized carbons (Fsp3) is 0.500. The maximum Gasteiger partial charge on any atom is 0.123 e. The van der Waals surface area contributed by atoms with Crippen LogP contribution in [-0.4, -0.2) is 19.7 Å². The molecule has 0 aromatic heterocycles. The summed E-state index contributed by atoms with van der Waals surface area (Å²) in [5.74, 6) is -0.138. The third kappa shape index (κ3) is 2.21. The Morgan fingerprint density at radius 3 is 2.95 bits per heavy atom. The number of rotatable bonds is 3. The Labute approximate surface area is 113 Å². The molecule has 1 N–H and O–H groups in total. The van der Waals surface area contributed by atoms with Crippen molar-refractivity contribution in [3.63, 3.8) is 0 Å². The Morgan fingerprint density at radius 2 is 2.21 bits per heavy atom. The van der Waals surface area contributed by atoms with Gasteiger partial charge in [-0.2, -0.15) is 0 Å². The second kappa shape index (κ2) is 5.06. The van der Waals surface area contributed by atoms with Crippen LogP contribution in [-0.2, 0) is 10.2 Å². The van der Waals surface area contributed by atoms with Crippen LogP contribution in [0.25, 0.3) is 0 Å². The van der Waals surface area contributed by atoms with Gasteiger partial charge >= 0.3 is 0 Å². The third-order valence-electron chi connectivity index (χ3n) is 4.49. The Hall–Kier alpha value is -1.19. The van der Waals surface area contributed by atoms with Crippen molar-refractivity contribution < 1.29 is 9.13 Å². The molecule has 0 amide bonds. The average molecular weight is 261 g/mol. The highest BCUT2D eigenvalue weighted by molar-refractivity contribution is 5.42. The van der Waals surface area contributed by atoms with Gasteiger partial charge in [-0.25, -0.2) is 4.39 Å². The molecule has 1 aliphatic carbocycles. The Bertz CT molecular complexity index is 480. The molecule has 1 aromatic rings. The van der Waals surface area contributed by atoms with E-state index in [2.05, 4.69) is 11.9 Å².